The summed E-state index contributed by atoms with van der Waals surface area (Å²) in [6, 6.07) is 0.361. The number of sulfone groups is 1. The molecule has 0 saturated carbocycles. The Balaban J connectivity index is 2.50. The van der Waals surface area contributed by atoms with Crippen LogP contribution in [-0.4, -0.2) is 31.6 Å². The largest absolute Gasteiger partial charge is 0.382 e. The molecule has 1 aliphatic rings. The third kappa shape index (κ3) is 1.89. The van der Waals surface area contributed by atoms with Gasteiger partial charge in [-0.15, -0.1) is 0 Å². The molecule has 16 heavy (non-hydrogen) atoms. The van der Waals surface area contributed by atoms with E-state index in [0.717, 1.165) is 19.4 Å². The van der Waals surface area contributed by atoms with Crippen molar-refractivity contribution >= 4 is 32.2 Å². The smallest absolute Gasteiger partial charge is 0.182 e. The third-order valence-electron chi connectivity index (χ3n) is 2.84. The molecule has 0 bridgehead atoms. The summed E-state index contributed by atoms with van der Waals surface area (Å²) in [5, 5.41) is 0.699. The molecule has 2 heterocycles. The third-order valence-corrected chi connectivity index (χ3v) is 5.01. The molecule has 0 amide bonds. The van der Waals surface area contributed by atoms with Gasteiger partial charge in [-0.2, -0.15) is 4.37 Å². The van der Waals surface area contributed by atoms with Gasteiger partial charge in [0.25, 0.3) is 0 Å². The van der Waals surface area contributed by atoms with Crippen molar-refractivity contribution in [2.45, 2.75) is 30.7 Å². The van der Waals surface area contributed by atoms with Crippen LogP contribution in [0.3, 0.4) is 0 Å². The molecule has 1 aromatic rings. The van der Waals surface area contributed by atoms with Crippen LogP contribution in [-0.2, 0) is 9.84 Å². The fourth-order valence-electron chi connectivity index (χ4n) is 2.05. The SMILES string of the molecule is CC1CCCN1c1snc(N)c1S(C)(=O)=O. The number of nitrogens with two attached hydrogens (primary N) is 1. The maximum Gasteiger partial charge on any atom is 0.182 e. The highest BCUT2D eigenvalue weighted by atomic mass is 32.2. The lowest BCUT2D eigenvalue weighted by molar-refractivity contribution is 0.602. The molecule has 1 aromatic heterocycles. The molecule has 0 spiro atoms. The maximum absolute atomic E-state index is 11.7. The predicted octanol–water partition coefficient (Wildman–Crippen LogP) is 1.12. The first-order chi connectivity index (χ1) is 7.41. The molecule has 1 fully saturated rings. The van der Waals surface area contributed by atoms with Crippen molar-refractivity contribution in [2.75, 3.05) is 23.4 Å². The van der Waals surface area contributed by atoms with Crippen molar-refractivity contribution < 1.29 is 8.42 Å². The Hall–Kier alpha value is -0.820. The molecular formula is C9H15N3O2S2. The number of anilines is 2. The number of hydrogen-bond acceptors (Lipinski definition) is 6. The predicted molar refractivity (Wildman–Crippen MR) is 65.7 cm³/mol. The topological polar surface area (TPSA) is 76.3 Å². The van der Waals surface area contributed by atoms with Gasteiger partial charge in [-0.25, -0.2) is 8.42 Å². The molecule has 1 atom stereocenters. The Morgan fingerprint density at radius 1 is 1.56 bits per heavy atom. The van der Waals surface area contributed by atoms with Crippen LogP contribution in [0.4, 0.5) is 10.8 Å². The maximum atomic E-state index is 11.7. The van der Waals surface area contributed by atoms with Crippen molar-refractivity contribution in [3.05, 3.63) is 0 Å². The van der Waals surface area contributed by atoms with Crippen molar-refractivity contribution in [2.24, 2.45) is 0 Å². The normalized spacial score (nSPS) is 21.6. The number of aromatic nitrogens is 1. The summed E-state index contributed by atoms with van der Waals surface area (Å²) in [6.45, 7) is 2.97. The molecule has 2 rings (SSSR count). The summed E-state index contributed by atoms with van der Waals surface area (Å²) in [7, 11) is -3.30. The van der Waals surface area contributed by atoms with Crippen LogP contribution in [0.25, 0.3) is 0 Å². The van der Waals surface area contributed by atoms with Gasteiger partial charge in [-0.1, -0.05) is 0 Å². The zero-order valence-corrected chi connectivity index (χ0v) is 10.9. The lowest BCUT2D eigenvalue weighted by Gasteiger charge is -2.22. The van der Waals surface area contributed by atoms with E-state index in [1.165, 1.54) is 17.8 Å². The van der Waals surface area contributed by atoms with E-state index in [0.29, 0.717) is 11.0 Å². The van der Waals surface area contributed by atoms with Gasteiger partial charge in [0.1, 0.15) is 9.90 Å². The second kappa shape index (κ2) is 3.89. The van der Waals surface area contributed by atoms with Crippen LogP contribution < -0.4 is 10.6 Å². The van der Waals surface area contributed by atoms with Gasteiger partial charge in [0.15, 0.2) is 15.7 Å². The van der Waals surface area contributed by atoms with Crippen LogP contribution in [0.15, 0.2) is 4.90 Å². The summed E-state index contributed by atoms with van der Waals surface area (Å²) >= 11 is 1.18. The lowest BCUT2D eigenvalue weighted by atomic mass is 10.2. The zero-order valence-electron chi connectivity index (χ0n) is 9.30. The molecule has 5 nitrogen and oxygen atoms in total. The van der Waals surface area contributed by atoms with Crippen molar-refractivity contribution in [3.8, 4) is 0 Å². The van der Waals surface area contributed by atoms with E-state index >= 15 is 0 Å². The highest BCUT2D eigenvalue weighted by molar-refractivity contribution is 7.91. The first-order valence-electron chi connectivity index (χ1n) is 5.13. The fraction of sp³-hybridized carbons (Fsp3) is 0.667. The highest BCUT2D eigenvalue weighted by Crippen LogP contribution is 2.38. The summed E-state index contributed by atoms with van der Waals surface area (Å²) in [6.07, 6.45) is 3.35. The van der Waals surface area contributed by atoms with Gasteiger partial charge < -0.3 is 10.6 Å². The highest BCUT2D eigenvalue weighted by Gasteiger charge is 2.30. The molecule has 0 aliphatic carbocycles. The summed E-state index contributed by atoms with van der Waals surface area (Å²) in [5.41, 5.74) is 5.63. The van der Waals surface area contributed by atoms with Crippen LogP contribution >= 0.6 is 11.5 Å². The summed E-state index contributed by atoms with van der Waals surface area (Å²) in [5.74, 6) is 0.126. The number of hydrogen-bond donors (Lipinski definition) is 1. The number of rotatable bonds is 2. The first-order valence-corrected chi connectivity index (χ1v) is 7.79. The fourth-order valence-corrected chi connectivity index (χ4v) is 4.37. The Kier molecular flexibility index (Phi) is 2.83. The van der Waals surface area contributed by atoms with Crippen molar-refractivity contribution in [1.82, 2.24) is 4.37 Å². The van der Waals surface area contributed by atoms with Crippen molar-refractivity contribution in [3.63, 3.8) is 0 Å². The van der Waals surface area contributed by atoms with E-state index in [-0.39, 0.29) is 10.7 Å². The second-order valence-electron chi connectivity index (χ2n) is 4.16. The number of nitrogen functional groups attached to an aromatic ring is 1. The van der Waals surface area contributed by atoms with Crippen LogP contribution in [0.5, 0.6) is 0 Å². The molecule has 7 heteroatoms. The Morgan fingerprint density at radius 3 is 2.75 bits per heavy atom. The molecule has 1 saturated heterocycles. The Morgan fingerprint density at radius 2 is 2.25 bits per heavy atom. The monoisotopic (exact) mass is 261 g/mol. The summed E-state index contributed by atoms with van der Waals surface area (Å²) in [4.78, 5) is 2.29. The van der Waals surface area contributed by atoms with E-state index in [1.54, 1.807) is 0 Å². The van der Waals surface area contributed by atoms with Crippen LogP contribution in [0.2, 0.25) is 0 Å². The van der Waals surface area contributed by atoms with Crippen LogP contribution in [0, 0.1) is 0 Å². The summed E-state index contributed by atoms with van der Waals surface area (Å²) < 4.78 is 27.3. The molecule has 90 valence electrons. The standard InChI is InChI=1S/C9H15N3O2S2/c1-6-4-3-5-12(6)9-7(16(2,13)14)8(10)11-15-9/h6H,3-5H2,1-2H3,(H2,10,11). The minimum absolute atomic E-state index is 0.126. The van der Waals surface area contributed by atoms with E-state index in [4.69, 9.17) is 5.73 Å². The lowest BCUT2D eigenvalue weighted by Crippen LogP contribution is -2.26. The van der Waals surface area contributed by atoms with Gasteiger partial charge in [-0.3, -0.25) is 0 Å². The molecular weight excluding hydrogens is 246 g/mol. The molecule has 2 N–H and O–H groups in total. The average molecular weight is 261 g/mol. The molecule has 1 aliphatic heterocycles. The van der Waals surface area contributed by atoms with Gasteiger partial charge in [-0.05, 0) is 31.3 Å². The van der Waals surface area contributed by atoms with Crippen molar-refractivity contribution in [1.29, 1.82) is 0 Å². The number of nitrogens with zero attached hydrogens (tertiary/aromatic N) is 2. The van der Waals surface area contributed by atoms with Gasteiger partial charge >= 0.3 is 0 Å². The van der Waals surface area contributed by atoms with E-state index in [1.807, 2.05) is 0 Å². The van der Waals surface area contributed by atoms with E-state index in [9.17, 15) is 8.42 Å². The quantitative estimate of drug-likeness (QED) is 0.863. The first kappa shape index (κ1) is 11.7. The van der Waals surface area contributed by atoms with Gasteiger partial charge in [0, 0.05) is 18.8 Å². The molecule has 0 aromatic carbocycles. The second-order valence-corrected chi connectivity index (χ2v) is 6.86. The minimum atomic E-state index is -3.30. The van der Waals surface area contributed by atoms with E-state index in [2.05, 4.69) is 16.2 Å². The van der Waals surface area contributed by atoms with E-state index < -0.39 is 9.84 Å². The molecule has 1 unspecified atom stereocenters. The molecule has 0 radical (unpaired) electrons. The van der Waals surface area contributed by atoms with Crippen LogP contribution in [0.1, 0.15) is 19.8 Å². The Bertz CT molecular complexity index is 495. The zero-order chi connectivity index (χ0) is 11.9. The average Bonchev–Trinajstić information content (AvgIpc) is 2.69. The van der Waals surface area contributed by atoms with Gasteiger partial charge in [0.2, 0.25) is 0 Å². The minimum Gasteiger partial charge on any atom is -0.382 e. The van der Waals surface area contributed by atoms with Gasteiger partial charge in [0.05, 0.1) is 0 Å². The Labute approximate surface area is 99.3 Å².